The van der Waals surface area contributed by atoms with Crippen molar-refractivity contribution in [3.8, 4) is 17.5 Å². The zero-order chi connectivity index (χ0) is 22.3. The Morgan fingerprint density at radius 3 is 2.75 bits per heavy atom. The van der Waals surface area contributed by atoms with Crippen LogP contribution in [0, 0.1) is 17.1 Å². The van der Waals surface area contributed by atoms with Crippen molar-refractivity contribution in [2.45, 2.75) is 11.7 Å². The van der Waals surface area contributed by atoms with Crippen molar-refractivity contribution in [2.75, 3.05) is 43.9 Å². The summed E-state index contributed by atoms with van der Waals surface area (Å²) in [6, 6.07) is 9.86. The van der Waals surface area contributed by atoms with Gasteiger partial charge in [0.05, 0.1) is 24.5 Å². The van der Waals surface area contributed by atoms with E-state index >= 15 is 0 Å². The molecule has 166 valence electrons. The Hall–Kier alpha value is -2.78. The first-order valence-electron chi connectivity index (χ1n) is 10.0. The number of amides is 1. The van der Waals surface area contributed by atoms with E-state index in [-0.39, 0.29) is 17.5 Å². The Balaban J connectivity index is 1.48. The van der Waals surface area contributed by atoms with Gasteiger partial charge in [0, 0.05) is 31.7 Å². The second kappa shape index (κ2) is 10.7. The Morgan fingerprint density at radius 2 is 2.00 bits per heavy atom. The number of nitrogens with zero attached hydrogens (tertiary/aromatic N) is 5. The van der Waals surface area contributed by atoms with Gasteiger partial charge >= 0.3 is 0 Å². The van der Waals surface area contributed by atoms with Gasteiger partial charge in [-0.15, -0.1) is 21.5 Å². The minimum atomic E-state index is -0.315. The summed E-state index contributed by atoms with van der Waals surface area (Å²) in [6.45, 7) is 4.56. The minimum absolute atomic E-state index is 0.127. The van der Waals surface area contributed by atoms with E-state index in [1.807, 2.05) is 4.57 Å². The molecular formula is C21H21FN6O2S2. The maximum Gasteiger partial charge on any atom is 0.235 e. The van der Waals surface area contributed by atoms with Gasteiger partial charge < -0.3 is 14.6 Å². The van der Waals surface area contributed by atoms with E-state index in [9.17, 15) is 9.18 Å². The number of aromatic nitrogens is 3. The van der Waals surface area contributed by atoms with Crippen molar-refractivity contribution in [1.82, 2.24) is 19.7 Å². The molecule has 0 unspecified atom stereocenters. The number of benzene rings is 1. The molecule has 0 radical (unpaired) electrons. The van der Waals surface area contributed by atoms with E-state index in [0.29, 0.717) is 41.3 Å². The lowest BCUT2D eigenvalue weighted by Gasteiger charge is -2.27. The Labute approximate surface area is 193 Å². The van der Waals surface area contributed by atoms with Crippen LogP contribution < -0.4 is 5.32 Å². The first-order valence-corrected chi connectivity index (χ1v) is 11.9. The van der Waals surface area contributed by atoms with Crippen LogP contribution in [0.5, 0.6) is 0 Å². The first kappa shape index (κ1) is 22.4. The number of nitrogens with one attached hydrogen (secondary N) is 1. The van der Waals surface area contributed by atoms with Crippen LogP contribution in [0.15, 0.2) is 40.9 Å². The summed E-state index contributed by atoms with van der Waals surface area (Å²) in [5, 5.41) is 23.4. The third kappa shape index (κ3) is 5.52. The summed E-state index contributed by atoms with van der Waals surface area (Å²) in [4.78, 5) is 14.7. The van der Waals surface area contributed by atoms with Crippen LogP contribution in [0.2, 0.25) is 0 Å². The summed E-state index contributed by atoms with van der Waals surface area (Å²) in [5.74, 6) is 0.220. The van der Waals surface area contributed by atoms with Crippen LogP contribution in [0.3, 0.4) is 0 Å². The van der Waals surface area contributed by atoms with E-state index in [1.165, 1.54) is 35.2 Å². The van der Waals surface area contributed by atoms with Crippen LogP contribution in [-0.2, 0) is 16.1 Å². The molecule has 2 aromatic heterocycles. The van der Waals surface area contributed by atoms with Crippen LogP contribution in [0.4, 0.5) is 9.39 Å². The predicted octanol–water partition coefficient (Wildman–Crippen LogP) is 3.08. The van der Waals surface area contributed by atoms with Gasteiger partial charge in [0.15, 0.2) is 11.0 Å². The fourth-order valence-corrected chi connectivity index (χ4v) is 4.78. The highest BCUT2D eigenvalue weighted by Gasteiger charge is 2.18. The number of carbonyl (C=O) groups is 1. The SMILES string of the molecule is N#Cc1ccsc1NC(=O)CSc1nnc(-c2ccc(F)cc2)n1CCN1CCOCC1. The van der Waals surface area contributed by atoms with Crippen molar-refractivity contribution in [3.63, 3.8) is 0 Å². The molecule has 8 nitrogen and oxygen atoms in total. The number of rotatable bonds is 8. The quantitative estimate of drug-likeness (QED) is 0.503. The number of thioether (sulfide) groups is 1. The number of hydrogen-bond donors (Lipinski definition) is 1. The number of halogens is 1. The van der Waals surface area contributed by atoms with Gasteiger partial charge in [-0.25, -0.2) is 4.39 Å². The van der Waals surface area contributed by atoms with E-state index in [2.05, 4.69) is 26.5 Å². The maximum absolute atomic E-state index is 13.4. The van der Waals surface area contributed by atoms with Gasteiger partial charge in [-0.2, -0.15) is 5.26 Å². The fourth-order valence-electron chi connectivity index (χ4n) is 3.26. The van der Waals surface area contributed by atoms with Gasteiger partial charge in [0.1, 0.15) is 16.9 Å². The Bertz CT molecular complexity index is 1100. The molecule has 1 saturated heterocycles. The van der Waals surface area contributed by atoms with Gasteiger partial charge in [0.2, 0.25) is 5.91 Å². The lowest BCUT2D eigenvalue weighted by Crippen LogP contribution is -2.38. The standard InChI is InChI=1S/C21H21FN6O2S2/c22-17-3-1-15(2-4-17)19-25-26-21(28(19)7-6-27-8-10-30-11-9-27)32-14-18(29)24-20-16(13-23)5-12-31-20/h1-5,12H,6-11,14H2,(H,24,29). The molecule has 3 aromatic rings. The van der Waals surface area contributed by atoms with Crippen LogP contribution in [-0.4, -0.2) is 64.2 Å². The molecule has 1 N–H and O–H groups in total. The first-order chi connectivity index (χ1) is 15.6. The average Bonchev–Trinajstić information content (AvgIpc) is 3.44. The number of thiophene rings is 1. The number of hydrogen-bond acceptors (Lipinski definition) is 8. The Morgan fingerprint density at radius 1 is 1.22 bits per heavy atom. The molecule has 32 heavy (non-hydrogen) atoms. The number of ether oxygens (including phenoxy) is 1. The molecule has 1 amide bonds. The molecule has 1 fully saturated rings. The van der Waals surface area contributed by atoms with Crippen molar-refractivity contribution in [2.24, 2.45) is 0 Å². The monoisotopic (exact) mass is 472 g/mol. The molecular weight excluding hydrogens is 451 g/mol. The topological polar surface area (TPSA) is 96.1 Å². The van der Waals surface area contributed by atoms with E-state index in [4.69, 9.17) is 10.00 Å². The highest BCUT2D eigenvalue weighted by molar-refractivity contribution is 7.99. The summed E-state index contributed by atoms with van der Waals surface area (Å²) in [7, 11) is 0. The Kier molecular flexibility index (Phi) is 7.49. The third-order valence-electron chi connectivity index (χ3n) is 4.93. The summed E-state index contributed by atoms with van der Waals surface area (Å²) in [6.07, 6.45) is 0. The van der Waals surface area contributed by atoms with Crippen molar-refractivity contribution >= 4 is 34.0 Å². The molecule has 1 aliphatic rings. The molecule has 1 aliphatic heterocycles. The van der Waals surface area contributed by atoms with Crippen molar-refractivity contribution in [1.29, 1.82) is 5.26 Å². The van der Waals surface area contributed by atoms with Crippen molar-refractivity contribution < 1.29 is 13.9 Å². The van der Waals surface area contributed by atoms with Gasteiger partial charge in [-0.1, -0.05) is 11.8 Å². The van der Waals surface area contributed by atoms with Gasteiger partial charge in [0.25, 0.3) is 0 Å². The minimum Gasteiger partial charge on any atom is -0.379 e. The summed E-state index contributed by atoms with van der Waals surface area (Å²) >= 11 is 2.59. The zero-order valence-electron chi connectivity index (χ0n) is 17.2. The number of carbonyl (C=O) groups excluding carboxylic acids is 1. The number of anilines is 1. The highest BCUT2D eigenvalue weighted by atomic mass is 32.2. The largest absolute Gasteiger partial charge is 0.379 e. The van der Waals surface area contributed by atoms with E-state index in [1.54, 1.807) is 23.6 Å². The lowest BCUT2D eigenvalue weighted by atomic mass is 10.2. The number of morpholine rings is 1. The second-order valence-electron chi connectivity index (χ2n) is 7.03. The maximum atomic E-state index is 13.4. The molecule has 0 bridgehead atoms. The van der Waals surface area contributed by atoms with E-state index in [0.717, 1.165) is 25.2 Å². The normalized spacial score (nSPS) is 14.2. The third-order valence-corrected chi connectivity index (χ3v) is 6.73. The van der Waals surface area contributed by atoms with Crippen LogP contribution in [0.1, 0.15) is 5.56 Å². The van der Waals surface area contributed by atoms with Crippen molar-refractivity contribution in [3.05, 3.63) is 47.1 Å². The molecule has 3 heterocycles. The van der Waals surface area contributed by atoms with Gasteiger partial charge in [-0.3, -0.25) is 9.69 Å². The molecule has 11 heteroatoms. The smallest absolute Gasteiger partial charge is 0.235 e. The molecule has 0 saturated carbocycles. The summed E-state index contributed by atoms with van der Waals surface area (Å²) in [5.41, 5.74) is 1.20. The second-order valence-corrected chi connectivity index (χ2v) is 8.89. The molecule has 0 aliphatic carbocycles. The predicted molar refractivity (Wildman–Crippen MR) is 121 cm³/mol. The molecule has 1 aromatic carbocycles. The zero-order valence-corrected chi connectivity index (χ0v) is 18.8. The summed E-state index contributed by atoms with van der Waals surface area (Å²) < 4.78 is 20.8. The fraction of sp³-hybridized carbons (Fsp3) is 0.333. The molecule has 4 rings (SSSR count). The number of nitriles is 1. The highest BCUT2D eigenvalue weighted by Crippen LogP contribution is 2.26. The van der Waals surface area contributed by atoms with Crippen LogP contribution in [0.25, 0.3) is 11.4 Å². The molecule has 0 spiro atoms. The van der Waals surface area contributed by atoms with Crippen LogP contribution >= 0.6 is 23.1 Å². The average molecular weight is 473 g/mol. The van der Waals surface area contributed by atoms with Gasteiger partial charge in [-0.05, 0) is 35.7 Å². The molecule has 0 atom stereocenters. The lowest BCUT2D eigenvalue weighted by molar-refractivity contribution is -0.113. The van der Waals surface area contributed by atoms with E-state index < -0.39 is 0 Å².